The van der Waals surface area contributed by atoms with Gasteiger partial charge in [0.1, 0.15) is 0 Å². The maximum absolute atomic E-state index is 11.9. The third kappa shape index (κ3) is 2.98. The maximum Gasteiger partial charge on any atom is 0.328 e. The highest BCUT2D eigenvalue weighted by Gasteiger charge is 2.26. The lowest BCUT2D eigenvalue weighted by molar-refractivity contribution is -0.141. The number of carbonyl (C=O) groups excluding carboxylic acids is 1. The van der Waals surface area contributed by atoms with Crippen LogP contribution in [0.3, 0.4) is 0 Å². The molecular formula is C12H16N2O4. The number of aliphatic hydroxyl groups excluding tert-OH is 1. The van der Waals surface area contributed by atoms with E-state index in [0.29, 0.717) is 16.8 Å². The summed E-state index contributed by atoms with van der Waals surface area (Å²) in [7, 11) is 0. The highest BCUT2D eigenvalue weighted by molar-refractivity contribution is 5.98. The quantitative estimate of drug-likeness (QED) is 0.569. The summed E-state index contributed by atoms with van der Waals surface area (Å²) in [4.78, 5) is 22.8. The number of aliphatic carboxylic acids is 1. The summed E-state index contributed by atoms with van der Waals surface area (Å²) in [5.74, 6) is -1.87. The van der Waals surface area contributed by atoms with E-state index in [9.17, 15) is 14.7 Å². The maximum atomic E-state index is 11.9. The molecule has 2 unspecified atom stereocenters. The second kappa shape index (κ2) is 5.50. The van der Waals surface area contributed by atoms with Crippen LogP contribution in [-0.4, -0.2) is 34.2 Å². The van der Waals surface area contributed by atoms with Crippen molar-refractivity contribution in [1.29, 1.82) is 0 Å². The van der Waals surface area contributed by atoms with Crippen LogP contribution >= 0.6 is 0 Å². The van der Waals surface area contributed by atoms with Crippen LogP contribution in [0.5, 0.6) is 0 Å². The van der Waals surface area contributed by atoms with E-state index in [-0.39, 0.29) is 0 Å². The standard InChI is InChI=1S/C12H16N2O4/c1-6-8(4-3-5-9(6)13)11(16)14-10(7(2)15)12(17)18/h3-5,7,10,15H,13H2,1-2H3,(H,14,16)(H,17,18). The van der Waals surface area contributed by atoms with Crippen LogP contribution in [0.15, 0.2) is 18.2 Å². The van der Waals surface area contributed by atoms with Gasteiger partial charge in [-0.05, 0) is 31.5 Å². The molecule has 6 heteroatoms. The Balaban J connectivity index is 2.94. The number of carbonyl (C=O) groups is 2. The van der Waals surface area contributed by atoms with Crippen LogP contribution in [-0.2, 0) is 4.79 Å². The molecule has 0 aliphatic rings. The molecule has 0 radical (unpaired) electrons. The van der Waals surface area contributed by atoms with Crippen molar-refractivity contribution in [2.24, 2.45) is 0 Å². The van der Waals surface area contributed by atoms with Gasteiger partial charge < -0.3 is 21.3 Å². The van der Waals surface area contributed by atoms with E-state index in [0.717, 1.165) is 0 Å². The first-order valence-corrected chi connectivity index (χ1v) is 5.41. The highest BCUT2D eigenvalue weighted by atomic mass is 16.4. The molecule has 2 atom stereocenters. The Bertz CT molecular complexity index is 471. The number of nitrogens with two attached hydrogens (primary N) is 1. The van der Waals surface area contributed by atoms with Crippen molar-refractivity contribution < 1.29 is 19.8 Å². The minimum atomic E-state index is -1.35. The summed E-state index contributed by atoms with van der Waals surface area (Å²) in [5, 5.41) is 20.4. The SMILES string of the molecule is Cc1c(N)cccc1C(=O)NC(C(=O)O)C(C)O. The largest absolute Gasteiger partial charge is 0.480 e. The van der Waals surface area contributed by atoms with E-state index in [2.05, 4.69) is 5.32 Å². The first-order valence-electron chi connectivity index (χ1n) is 5.41. The first-order chi connectivity index (χ1) is 8.34. The third-order valence-electron chi connectivity index (χ3n) is 2.66. The van der Waals surface area contributed by atoms with Gasteiger partial charge in [-0.2, -0.15) is 0 Å². The summed E-state index contributed by atoms with van der Waals surface area (Å²) in [6.45, 7) is 2.97. The number of nitrogen functional groups attached to an aromatic ring is 1. The van der Waals surface area contributed by atoms with Gasteiger partial charge in [-0.1, -0.05) is 6.07 Å². The molecule has 0 aromatic heterocycles. The monoisotopic (exact) mass is 252 g/mol. The normalized spacial score (nSPS) is 13.7. The lowest BCUT2D eigenvalue weighted by Crippen LogP contribution is -2.47. The number of hydrogen-bond donors (Lipinski definition) is 4. The number of carboxylic acids is 1. The molecule has 0 heterocycles. The first kappa shape index (κ1) is 14.0. The summed E-state index contributed by atoms with van der Waals surface area (Å²) in [6, 6.07) is 3.45. The molecule has 1 rings (SSSR count). The number of anilines is 1. The Morgan fingerprint density at radius 2 is 2.00 bits per heavy atom. The van der Waals surface area contributed by atoms with Crippen LogP contribution < -0.4 is 11.1 Å². The van der Waals surface area contributed by atoms with Crippen LogP contribution in [0.2, 0.25) is 0 Å². The second-order valence-electron chi connectivity index (χ2n) is 4.05. The van der Waals surface area contributed by atoms with Gasteiger partial charge in [0.2, 0.25) is 0 Å². The van der Waals surface area contributed by atoms with Gasteiger partial charge >= 0.3 is 5.97 Å². The third-order valence-corrected chi connectivity index (χ3v) is 2.66. The van der Waals surface area contributed by atoms with Crippen molar-refractivity contribution in [2.45, 2.75) is 26.0 Å². The molecular weight excluding hydrogens is 236 g/mol. The van der Waals surface area contributed by atoms with Gasteiger partial charge in [0.25, 0.3) is 5.91 Å². The van der Waals surface area contributed by atoms with Gasteiger partial charge in [-0.3, -0.25) is 4.79 Å². The average Bonchev–Trinajstić information content (AvgIpc) is 2.28. The van der Waals surface area contributed by atoms with Crippen LogP contribution in [0.25, 0.3) is 0 Å². The molecule has 18 heavy (non-hydrogen) atoms. The summed E-state index contributed by atoms with van der Waals surface area (Å²) in [6.07, 6.45) is -1.19. The Hall–Kier alpha value is -2.08. The van der Waals surface area contributed by atoms with E-state index >= 15 is 0 Å². The summed E-state index contributed by atoms with van der Waals surface area (Å²) in [5.41, 5.74) is 6.98. The Morgan fingerprint density at radius 1 is 1.39 bits per heavy atom. The number of hydrogen-bond acceptors (Lipinski definition) is 4. The Morgan fingerprint density at radius 3 is 2.50 bits per heavy atom. The average molecular weight is 252 g/mol. The van der Waals surface area contributed by atoms with Gasteiger partial charge in [-0.25, -0.2) is 4.79 Å². The minimum absolute atomic E-state index is 0.293. The number of benzene rings is 1. The Kier molecular flexibility index (Phi) is 4.28. The number of carboxylic acid groups (broad SMARTS) is 1. The molecule has 0 saturated carbocycles. The van der Waals surface area contributed by atoms with Gasteiger partial charge in [-0.15, -0.1) is 0 Å². The van der Waals surface area contributed by atoms with E-state index in [1.807, 2.05) is 0 Å². The predicted octanol–water partition coefficient (Wildman–Crippen LogP) is 0.141. The van der Waals surface area contributed by atoms with Gasteiger partial charge in [0.05, 0.1) is 6.10 Å². The number of rotatable bonds is 4. The zero-order chi connectivity index (χ0) is 13.9. The molecule has 1 aromatic rings. The molecule has 0 saturated heterocycles. The smallest absolute Gasteiger partial charge is 0.328 e. The fourth-order valence-corrected chi connectivity index (χ4v) is 1.51. The van der Waals surface area contributed by atoms with Gasteiger partial charge in [0, 0.05) is 11.3 Å². The summed E-state index contributed by atoms with van der Waals surface area (Å²) >= 11 is 0. The van der Waals surface area contributed by atoms with Crippen LogP contribution in [0.1, 0.15) is 22.8 Å². The lowest BCUT2D eigenvalue weighted by Gasteiger charge is -2.18. The zero-order valence-corrected chi connectivity index (χ0v) is 10.2. The van der Waals surface area contributed by atoms with Gasteiger partial charge in [0.15, 0.2) is 6.04 Å². The van der Waals surface area contributed by atoms with Crippen molar-refractivity contribution in [3.05, 3.63) is 29.3 Å². The zero-order valence-electron chi connectivity index (χ0n) is 10.2. The lowest BCUT2D eigenvalue weighted by atomic mass is 10.1. The van der Waals surface area contributed by atoms with Crippen molar-refractivity contribution in [3.63, 3.8) is 0 Å². The molecule has 1 aromatic carbocycles. The predicted molar refractivity (Wildman–Crippen MR) is 66.2 cm³/mol. The molecule has 0 spiro atoms. The number of nitrogens with one attached hydrogen (secondary N) is 1. The molecule has 5 N–H and O–H groups in total. The molecule has 6 nitrogen and oxygen atoms in total. The number of aliphatic hydroxyl groups is 1. The molecule has 1 amide bonds. The molecule has 0 aliphatic heterocycles. The summed E-state index contributed by atoms with van der Waals surface area (Å²) < 4.78 is 0. The van der Waals surface area contributed by atoms with E-state index < -0.39 is 24.0 Å². The van der Waals surface area contributed by atoms with Crippen LogP contribution in [0, 0.1) is 6.92 Å². The van der Waals surface area contributed by atoms with Crippen molar-refractivity contribution in [3.8, 4) is 0 Å². The van der Waals surface area contributed by atoms with Crippen LogP contribution in [0.4, 0.5) is 5.69 Å². The van der Waals surface area contributed by atoms with Crippen molar-refractivity contribution >= 4 is 17.6 Å². The molecule has 0 aliphatic carbocycles. The molecule has 0 fully saturated rings. The van der Waals surface area contributed by atoms with Crippen molar-refractivity contribution in [2.75, 3.05) is 5.73 Å². The van der Waals surface area contributed by atoms with Crippen molar-refractivity contribution in [1.82, 2.24) is 5.32 Å². The number of amides is 1. The van der Waals surface area contributed by atoms with E-state index in [1.165, 1.54) is 6.92 Å². The Labute approximate surface area is 104 Å². The molecule has 98 valence electrons. The van der Waals surface area contributed by atoms with E-state index in [1.54, 1.807) is 25.1 Å². The fourth-order valence-electron chi connectivity index (χ4n) is 1.51. The second-order valence-corrected chi connectivity index (χ2v) is 4.05. The fraction of sp³-hybridized carbons (Fsp3) is 0.333. The molecule has 0 bridgehead atoms. The minimum Gasteiger partial charge on any atom is -0.480 e. The van der Waals surface area contributed by atoms with E-state index in [4.69, 9.17) is 10.8 Å². The highest BCUT2D eigenvalue weighted by Crippen LogP contribution is 2.15. The topological polar surface area (TPSA) is 113 Å².